The highest BCUT2D eigenvalue weighted by molar-refractivity contribution is 6.02. The lowest BCUT2D eigenvalue weighted by Gasteiger charge is -2.03. The number of hydrazone groups is 1. The summed E-state index contributed by atoms with van der Waals surface area (Å²) in [4.78, 5) is 7.82. The molecule has 0 radical (unpaired) electrons. The first kappa shape index (κ1) is 7.46. The maximum absolute atomic E-state index is 3.92. The van der Waals surface area contributed by atoms with Crippen molar-refractivity contribution in [2.75, 3.05) is 7.05 Å². The molecule has 0 aromatic heterocycles. The molecule has 0 bridgehead atoms. The predicted molar refractivity (Wildman–Crippen MR) is 45.8 cm³/mol. The summed E-state index contributed by atoms with van der Waals surface area (Å²) in [6.07, 6.45) is 2.84. The second-order valence-electron chi connectivity index (χ2n) is 1.81. The Morgan fingerprint density at radius 1 is 1.64 bits per heavy atom. The first-order valence-corrected chi connectivity index (χ1v) is 3.09. The van der Waals surface area contributed by atoms with Crippen LogP contribution in [0, 0.1) is 0 Å². The molecule has 58 valence electrons. The van der Waals surface area contributed by atoms with Crippen molar-refractivity contribution in [3.63, 3.8) is 0 Å². The van der Waals surface area contributed by atoms with Gasteiger partial charge in [-0.2, -0.15) is 5.10 Å². The van der Waals surface area contributed by atoms with E-state index >= 15 is 0 Å². The number of rotatable bonds is 0. The van der Waals surface area contributed by atoms with Gasteiger partial charge in [-0.25, -0.2) is 9.98 Å². The zero-order chi connectivity index (χ0) is 8.10. The Labute approximate surface area is 64.6 Å². The molecule has 0 amide bonds. The van der Waals surface area contributed by atoms with E-state index in [1.165, 1.54) is 12.7 Å². The molecule has 11 heavy (non-hydrogen) atoms. The molecule has 0 fully saturated rings. The zero-order valence-electron chi connectivity index (χ0n) is 6.20. The first-order chi connectivity index (χ1) is 5.34. The highest BCUT2D eigenvalue weighted by Gasteiger charge is 1.98. The maximum Gasteiger partial charge on any atom is 0.153 e. The minimum Gasteiger partial charge on any atom is -0.371 e. The van der Waals surface area contributed by atoms with Crippen molar-refractivity contribution in [3.8, 4) is 0 Å². The van der Waals surface area contributed by atoms with E-state index in [0.717, 1.165) is 0 Å². The van der Waals surface area contributed by atoms with E-state index in [2.05, 4.69) is 32.4 Å². The lowest BCUT2D eigenvalue weighted by Crippen LogP contribution is -2.21. The van der Waals surface area contributed by atoms with E-state index in [1.54, 1.807) is 7.05 Å². The van der Waals surface area contributed by atoms with Crippen LogP contribution in [0.3, 0.4) is 0 Å². The number of hydrogen-bond acceptors (Lipinski definition) is 5. The Bertz CT molecular complexity index is 237. The Morgan fingerprint density at radius 2 is 2.45 bits per heavy atom. The van der Waals surface area contributed by atoms with E-state index in [0.29, 0.717) is 11.5 Å². The molecule has 0 spiro atoms. The van der Waals surface area contributed by atoms with Gasteiger partial charge in [0.2, 0.25) is 0 Å². The van der Waals surface area contributed by atoms with Crippen LogP contribution in [0.15, 0.2) is 27.4 Å². The topological polar surface area (TPSA) is 61.1 Å². The van der Waals surface area contributed by atoms with Gasteiger partial charge in [-0.15, -0.1) is 0 Å². The van der Waals surface area contributed by atoms with Crippen molar-refractivity contribution in [2.45, 2.75) is 0 Å². The van der Waals surface area contributed by atoms with Gasteiger partial charge >= 0.3 is 0 Å². The van der Waals surface area contributed by atoms with Gasteiger partial charge in [0.25, 0.3) is 0 Å². The molecule has 1 aliphatic rings. The van der Waals surface area contributed by atoms with Gasteiger partial charge in [-0.1, -0.05) is 6.58 Å². The highest BCUT2D eigenvalue weighted by Crippen LogP contribution is 1.93. The number of hydrogen-bond donors (Lipinski definition) is 2. The fourth-order valence-electron chi connectivity index (χ4n) is 0.605. The van der Waals surface area contributed by atoms with E-state index in [9.17, 15) is 0 Å². The van der Waals surface area contributed by atoms with Crippen LogP contribution in [0.2, 0.25) is 0 Å². The Balaban J connectivity index is 2.86. The average Bonchev–Trinajstić information content (AvgIpc) is 1.98. The van der Waals surface area contributed by atoms with Gasteiger partial charge in [0, 0.05) is 7.05 Å². The van der Waals surface area contributed by atoms with Crippen molar-refractivity contribution in [2.24, 2.45) is 15.1 Å². The number of nitrogens with zero attached hydrogens (tertiary/aromatic N) is 3. The molecule has 0 atom stereocenters. The summed E-state index contributed by atoms with van der Waals surface area (Å²) < 4.78 is 0. The molecule has 0 aromatic carbocycles. The minimum absolute atomic E-state index is 0.575. The molecule has 5 heteroatoms. The van der Waals surface area contributed by atoms with Crippen molar-refractivity contribution in [3.05, 3.63) is 12.3 Å². The van der Waals surface area contributed by atoms with Crippen molar-refractivity contribution >= 4 is 18.5 Å². The number of aliphatic imine (C=N–C) groups is 2. The summed E-state index contributed by atoms with van der Waals surface area (Å²) >= 11 is 0. The highest BCUT2D eigenvalue weighted by atomic mass is 15.3. The normalized spacial score (nSPS) is 27.0. The number of likely N-dealkylation sites (N-methyl/N-ethyl adjacent to an activating group) is 1. The van der Waals surface area contributed by atoms with Crippen LogP contribution in [0.1, 0.15) is 0 Å². The third kappa shape index (κ3) is 1.89. The lowest BCUT2D eigenvalue weighted by atomic mass is 10.4. The van der Waals surface area contributed by atoms with Gasteiger partial charge in [-0.3, -0.25) is 5.43 Å². The zero-order valence-corrected chi connectivity index (χ0v) is 6.20. The van der Waals surface area contributed by atoms with Crippen LogP contribution in [0.5, 0.6) is 0 Å². The molecule has 0 aliphatic carbocycles. The summed E-state index contributed by atoms with van der Waals surface area (Å²) in [6.45, 7) is 3.68. The summed E-state index contributed by atoms with van der Waals surface area (Å²) in [5, 5.41) is 6.51. The molecule has 2 N–H and O–H groups in total. The van der Waals surface area contributed by atoms with Crippen LogP contribution < -0.4 is 10.7 Å². The average molecular weight is 151 g/mol. The first-order valence-electron chi connectivity index (χ1n) is 3.09. The SMILES string of the molecule is C=C1/N=C\N/N=C\N=C/1NC. The molecular weight excluding hydrogens is 142 g/mol. The Kier molecular flexibility index (Phi) is 2.37. The quantitative estimate of drug-likeness (QED) is 0.499. The van der Waals surface area contributed by atoms with E-state index < -0.39 is 0 Å². The summed E-state index contributed by atoms with van der Waals surface area (Å²) in [5.41, 5.74) is 3.12. The monoisotopic (exact) mass is 151 g/mol. The molecule has 0 saturated carbocycles. The van der Waals surface area contributed by atoms with Crippen LogP contribution in [0.4, 0.5) is 0 Å². The second kappa shape index (κ2) is 3.50. The standard InChI is InChI=1S/C6H9N5/c1-5-6(7-2)9-4-11-10-3-8-5/h3-4H,1H2,2H3,(H,8,10)(H,7,9,11). The van der Waals surface area contributed by atoms with Gasteiger partial charge < -0.3 is 5.32 Å². The van der Waals surface area contributed by atoms with E-state index in [1.807, 2.05) is 0 Å². The maximum atomic E-state index is 3.92. The van der Waals surface area contributed by atoms with Gasteiger partial charge in [0.05, 0.1) is 5.70 Å². The summed E-state index contributed by atoms with van der Waals surface area (Å²) in [6, 6.07) is 0. The van der Waals surface area contributed by atoms with Crippen LogP contribution >= 0.6 is 0 Å². The smallest absolute Gasteiger partial charge is 0.153 e. The molecule has 0 saturated heterocycles. The third-order valence-corrected chi connectivity index (χ3v) is 1.11. The number of amidine groups is 1. The van der Waals surface area contributed by atoms with E-state index in [-0.39, 0.29) is 0 Å². The van der Waals surface area contributed by atoms with Crippen molar-refractivity contribution in [1.82, 2.24) is 10.7 Å². The lowest BCUT2D eigenvalue weighted by molar-refractivity contribution is 1.04. The van der Waals surface area contributed by atoms with Gasteiger partial charge in [0.15, 0.2) is 5.84 Å². The molecule has 5 nitrogen and oxygen atoms in total. The molecule has 0 aromatic rings. The fourth-order valence-corrected chi connectivity index (χ4v) is 0.605. The van der Waals surface area contributed by atoms with Gasteiger partial charge in [0.1, 0.15) is 12.7 Å². The van der Waals surface area contributed by atoms with Crippen molar-refractivity contribution < 1.29 is 0 Å². The molecule has 1 heterocycles. The Hall–Kier alpha value is -1.65. The van der Waals surface area contributed by atoms with Crippen LogP contribution in [-0.4, -0.2) is 25.6 Å². The number of nitrogens with one attached hydrogen (secondary N) is 2. The van der Waals surface area contributed by atoms with Gasteiger partial charge in [-0.05, 0) is 0 Å². The molecular formula is C6H9N5. The summed E-state index contributed by atoms with van der Waals surface area (Å²) in [7, 11) is 1.75. The van der Waals surface area contributed by atoms with E-state index in [4.69, 9.17) is 0 Å². The fraction of sp³-hybridized carbons (Fsp3) is 0.167. The predicted octanol–water partition coefficient (Wildman–Crippen LogP) is -0.307. The minimum atomic E-state index is 0.575. The summed E-state index contributed by atoms with van der Waals surface area (Å²) in [5.74, 6) is 0.617. The third-order valence-electron chi connectivity index (χ3n) is 1.11. The Morgan fingerprint density at radius 3 is 3.18 bits per heavy atom. The van der Waals surface area contributed by atoms with Crippen LogP contribution in [0.25, 0.3) is 0 Å². The molecule has 0 unspecified atom stereocenters. The largest absolute Gasteiger partial charge is 0.371 e. The van der Waals surface area contributed by atoms with Crippen molar-refractivity contribution in [1.29, 1.82) is 0 Å². The van der Waals surface area contributed by atoms with Crippen LogP contribution in [-0.2, 0) is 0 Å². The second-order valence-corrected chi connectivity index (χ2v) is 1.81. The molecule has 1 rings (SSSR count). The molecule has 1 aliphatic heterocycles.